The zero-order valence-electron chi connectivity index (χ0n) is 21.8. The highest BCUT2D eigenvalue weighted by molar-refractivity contribution is 5.99. The fourth-order valence-electron chi connectivity index (χ4n) is 5.52. The van der Waals surface area contributed by atoms with Crippen LogP contribution in [0.15, 0.2) is 24.3 Å². The second-order valence-corrected chi connectivity index (χ2v) is 11.3. The number of piperazine rings is 1. The summed E-state index contributed by atoms with van der Waals surface area (Å²) in [7, 11) is 0. The molecule has 3 aliphatic heterocycles. The fourth-order valence-corrected chi connectivity index (χ4v) is 5.52. The summed E-state index contributed by atoms with van der Waals surface area (Å²) in [5, 5.41) is 2.98. The summed E-state index contributed by atoms with van der Waals surface area (Å²) in [5.74, 6) is -0.470. The minimum Gasteiger partial charge on any atom is -0.369 e. The van der Waals surface area contributed by atoms with Crippen molar-refractivity contribution in [1.82, 2.24) is 15.1 Å². The first-order chi connectivity index (χ1) is 16.6. The highest BCUT2D eigenvalue weighted by atomic mass is 16.5. The third-order valence-electron chi connectivity index (χ3n) is 7.52. The van der Waals surface area contributed by atoms with Crippen LogP contribution in [0, 0.1) is 11.3 Å². The Hall–Kier alpha value is -2.45. The molecule has 3 heterocycles. The smallest absolute Gasteiger partial charge is 0.251 e. The van der Waals surface area contributed by atoms with E-state index in [1.54, 1.807) is 4.90 Å². The van der Waals surface area contributed by atoms with Crippen molar-refractivity contribution in [2.75, 3.05) is 50.8 Å². The Kier molecular flexibility index (Phi) is 7.52. The van der Waals surface area contributed by atoms with Gasteiger partial charge in [0.15, 0.2) is 5.78 Å². The van der Waals surface area contributed by atoms with Crippen molar-refractivity contribution in [3.8, 4) is 0 Å². The van der Waals surface area contributed by atoms with Gasteiger partial charge >= 0.3 is 0 Å². The molecular formula is C27H40N4O4. The van der Waals surface area contributed by atoms with Gasteiger partial charge in [-0.3, -0.25) is 19.3 Å². The number of likely N-dealkylation sites (tertiary alicyclic amines) is 1. The number of nitrogens with zero attached hydrogens (tertiary/aromatic N) is 3. The zero-order chi connectivity index (χ0) is 25.3. The highest BCUT2D eigenvalue weighted by Gasteiger charge is 2.52. The summed E-state index contributed by atoms with van der Waals surface area (Å²) in [4.78, 5) is 45.7. The Labute approximate surface area is 209 Å². The number of ether oxygens (including phenoxy) is 1. The largest absolute Gasteiger partial charge is 0.369 e. The van der Waals surface area contributed by atoms with Crippen molar-refractivity contribution in [2.45, 2.75) is 59.2 Å². The number of hydrogen-bond acceptors (Lipinski definition) is 6. The van der Waals surface area contributed by atoms with Gasteiger partial charge in [0.05, 0.1) is 6.10 Å². The molecule has 0 radical (unpaired) electrons. The molecule has 0 bridgehead atoms. The van der Waals surface area contributed by atoms with E-state index in [1.807, 2.05) is 52.0 Å². The van der Waals surface area contributed by atoms with Crippen LogP contribution in [0.1, 0.15) is 51.4 Å². The number of anilines is 1. The first-order valence-corrected chi connectivity index (χ1v) is 12.9. The lowest BCUT2D eigenvalue weighted by atomic mass is 9.85. The third-order valence-corrected chi connectivity index (χ3v) is 7.52. The molecule has 0 aliphatic carbocycles. The molecule has 8 heteroatoms. The molecule has 192 valence electrons. The SMILES string of the molecule is CCCN1CCN(c2ccc(C(=O)N[C@H](C(=O)N3C[C@@H](C)[C@H]4OCC(=O)[C@H]43)C(C)(C)C)cc2)CC1. The van der Waals surface area contributed by atoms with Crippen LogP contribution < -0.4 is 10.2 Å². The number of rotatable bonds is 6. The third kappa shape index (κ3) is 5.38. The predicted octanol–water partition coefficient (Wildman–Crippen LogP) is 2.18. The van der Waals surface area contributed by atoms with E-state index in [2.05, 4.69) is 22.0 Å². The van der Waals surface area contributed by atoms with Gasteiger partial charge in [0.25, 0.3) is 5.91 Å². The molecule has 4 rings (SSSR count). The summed E-state index contributed by atoms with van der Waals surface area (Å²) in [6, 6.07) is 6.33. The van der Waals surface area contributed by atoms with Gasteiger partial charge in [-0.1, -0.05) is 34.6 Å². The van der Waals surface area contributed by atoms with E-state index in [4.69, 9.17) is 4.74 Å². The number of benzene rings is 1. The molecule has 35 heavy (non-hydrogen) atoms. The molecule has 4 atom stereocenters. The molecule has 8 nitrogen and oxygen atoms in total. The van der Waals surface area contributed by atoms with Crippen molar-refractivity contribution < 1.29 is 19.1 Å². The molecule has 0 aromatic heterocycles. The molecule has 3 aliphatic rings. The highest BCUT2D eigenvalue weighted by Crippen LogP contribution is 2.33. The zero-order valence-corrected chi connectivity index (χ0v) is 21.8. The van der Waals surface area contributed by atoms with Gasteiger partial charge in [-0.25, -0.2) is 0 Å². The van der Waals surface area contributed by atoms with Crippen LogP contribution >= 0.6 is 0 Å². The molecular weight excluding hydrogens is 444 g/mol. The average Bonchev–Trinajstić information content (AvgIpc) is 3.37. The van der Waals surface area contributed by atoms with Crippen molar-refractivity contribution in [1.29, 1.82) is 0 Å². The lowest BCUT2D eigenvalue weighted by molar-refractivity contribution is -0.140. The number of nitrogens with one attached hydrogen (secondary N) is 1. The number of fused-ring (bicyclic) bond motifs is 1. The second kappa shape index (κ2) is 10.3. The Morgan fingerprint density at radius 1 is 1.11 bits per heavy atom. The number of amides is 2. The van der Waals surface area contributed by atoms with Crippen LogP contribution in [-0.2, 0) is 14.3 Å². The maximum absolute atomic E-state index is 13.6. The van der Waals surface area contributed by atoms with Crippen molar-refractivity contribution in [2.24, 2.45) is 11.3 Å². The van der Waals surface area contributed by atoms with Crippen molar-refractivity contribution in [3.05, 3.63) is 29.8 Å². The van der Waals surface area contributed by atoms with Crippen LogP contribution in [0.3, 0.4) is 0 Å². The summed E-state index contributed by atoms with van der Waals surface area (Å²) < 4.78 is 5.64. The molecule has 2 amide bonds. The van der Waals surface area contributed by atoms with Crippen LogP contribution in [0.25, 0.3) is 0 Å². The van der Waals surface area contributed by atoms with E-state index in [0.717, 1.165) is 38.4 Å². The maximum Gasteiger partial charge on any atom is 0.251 e. The number of hydrogen-bond donors (Lipinski definition) is 1. The van der Waals surface area contributed by atoms with E-state index in [9.17, 15) is 14.4 Å². The second-order valence-electron chi connectivity index (χ2n) is 11.3. The Balaban J connectivity index is 1.43. The first-order valence-electron chi connectivity index (χ1n) is 12.9. The van der Waals surface area contributed by atoms with Gasteiger partial charge in [-0.05, 0) is 42.6 Å². The maximum atomic E-state index is 13.6. The summed E-state index contributed by atoms with van der Waals surface area (Å²) in [6.07, 6.45) is 0.920. The van der Waals surface area contributed by atoms with E-state index >= 15 is 0 Å². The summed E-state index contributed by atoms with van der Waals surface area (Å²) >= 11 is 0. The summed E-state index contributed by atoms with van der Waals surface area (Å²) in [6.45, 7) is 15.7. The molecule has 1 aromatic rings. The topological polar surface area (TPSA) is 82.2 Å². The van der Waals surface area contributed by atoms with Crippen LogP contribution in [-0.4, -0.2) is 91.5 Å². The lowest BCUT2D eigenvalue weighted by Gasteiger charge is -2.36. The number of ketones is 1. The van der Waals surface area contributed by atoms with E-state index in [1.165, 1.54) is 6.42 Å². The van der Waals surface area contributed by atoms with Gasteiger partial charge in [0.1, 0.15) is 18.7 Å². The number of carbonyl (C=O) groups excluding carboxylic acids is 3. The van der Waals surface area contributed by atoms with Gasteiger partial charge in [-0.15, -0.1) is 0 Å². The molecule has 3 saturated heterocycles. The van der Waals surface area contributed by atoms with Crippen molar-refractivity contribution in [3.63, 3.8) is 0 Å². The van der Waals surface area contributed by atoms with Gasteiger partial charge < -0.3 is 19.9 Å². The Morgan fingerprint density at radius 3 is 2.37 bits per heavy atom. The molecule has 0 unspecified atom stereocenters. The molecule has 0 spiro atoms. The molecule has 3 fully saturated rings. The van der Waals surface area contributed by atoms with Gasteiger partial charge in [0.2, 0.25) is 5.91 Å². The summed E-state index contributed by atoms with van der Waals surface area (Å²) in [5.41, 5.74) is 1.11. The fraction of sp³-hybridized carbons (Fsp3) is 0.667. The van der Waals surface area contributed by atoms with Crippen LogP contribution in [0.5, 0.6) is 0 Å². The Morgan fingerprint density at radius 2 is 1.77 bits per heavy atom. The minimum absolute atomic E-state index is 0.0516. The lowest BCUT2D eigenvalue weighted by Crippen LogP contribution is -2.57. The van der Waals surface area contributed by atoms with Crippen LogP contribution in [0.2, 0.25) is 0 Å². The van der Waals surface area contributed by atoms with Gasteiger partial charge in [-0.2, -0.15) is 0 Å². The van der Waals surface area contributed by atoms with Crippen LogP contribution in [0.4, 0.5) is 5.69 Å². The number of Topliss-reactive ketones (excluding diaryl/α,β-unsaturated/α-hetero) is 1. The number of carbonyl (C=O) groups is 3. The predicted molar refractivity (Wildman–Crippen MR) is 136 cm³/mol. The quantitative estimate of drug-likeness (QED) is 0.667. The standard InChI is InChI=1S/C27H40N4O4/c1-6-11-29-12-14-30(15-13-29)20-9-7-19(8-10-20)25(33)28-24(27(3,4)5)26(34)31-16-18(2)23-22(31)21(32)17-35-23/h7-10,18,22-24H,6,11-17H2,1-5H3,(H,28,33)/t18-,22-,23-,24-/m1/s1. The van der Waals surface area contributed by atoms with Crippen molar-refractivity contribution >= 4 is 23.3 Å². The minimum atomic E-state index is -0.749. The normalized spacial score (nSPS) is 26.1. The molecule has 1 N–H and O–H groups in total. The van der Waals surface area contributed by atoms with E-state index in [0.29, 0.717) is 12.1 Å². The molecule has 0 saturated carbocycles. The van der Waals surface area contributed by atoms with E-state index in [-0.39, 0.29) is 36.2 Å². The average molecular weight is 485 g/mol. The Bertz CT molecular complexity index is 933. The van der Waals surface area contributed by atoms with Gasteiger partial charge in [0, 0.05) is 49.9 Å². The first kappa shape index (κ1) is 25.6. The van der Waals surface area contributed by atoms with E-state index < -0.39 is 17.5 Å². The molecule has 1 aromatic carbocycles. The monoisotopic (exact) mass is 484 g/mol.